The lowest BCUT2D eigenvalue weighted by Crippen LogP contribution is -2.52. The number of furan rings is 1. The van der Waals surface area contributed by atoms with Crippen LogP contribution >= 0.6 is 0 Å². The van der Waals surface area contributed by atoms with E-state index >= 15 is 0 Å². The number of aliphatic imine (C=N–C) groups is 1. The summed E-state index contributed by atoms with van der Waals surface area (Å²) in [7, 11) is 0. The number of allylic oxidation sites excluding steroid dienone is 2. The molecule has 2 unspecified atom stereocenters. The van der Waals surface area contributed by atoms with Gasteiger partial charge in [0.05, 0.1) is 12.5 Å². The fourth-order valence-electron chi connectivity index (χ4n) is 3.26. The largest absolute Gasteiger partial charge is 0.498 e. The standard InChI is InChI=1S/C17H16N2O3/c20-16-17(11-13-5-3-9-21-13,12-14-6-4-10-22-14)19-8-2-1-7-15(19)18-16/h1-5,7-10,14H,6,11-12H2. The molecule has 22 heavy (non-hydrogen) atoms. The van der Waals surface area contributed by atoms with Gasteiger partial charge in [0.15, 0.2) is 0 Å². The van der Waals surface area contributed by atoms with E-state index in [4.69, 9.17) is 9.15 Å². The third kappa shape index (κ3) is 2.01. The smallest absolute Gasteiger partial charge is 0.274 e. The first-order valence-electron chi connectivity index (χ1n) is 7.38. The van der Waals surface area contributed by atoms with Gasteiger partial charge in [-0.25, -0.2) is 0 Å². The average Bonchev–Trinajstić information content (AvgIpc) is 3.24. The van der Waals surface area contributed by atoms with Crippen LogP contribution in [0, 0.1) is 0 Å². The minimum Gasteiger partial charge on any atom is -0.498 e. The van der Waals surface area contributed by atoms with E-state index in [0.29, 0.717) is 18.7 Å². The molecular weight excluding hydrogens is 280 g/mol. The molecule has 3 aliphatic rings. The summed E-state index contributed by atoms with van der Waals surface area (Å²) in [6.45, 7) is 0. The minimum atomic E-state index is -0.773. The van der Waals surface area contributed by atoms with Crippen molar-refractivity contribution in [1.82, 2.24) is 4.90 Å². The molecule has 5 heteroatoms. The number of hydrogen-bond donors (Lipinski definition) is 0. The molecule has 4 rings (SSSR count). The number of carbonyl (C=O) groups excluding carboxylic acids is 1. The van der Waals surface area contributed by atoms with Crippen molar-refractivity contribution in [2.45, 2.75) is 30.9 Å². The summed E-state index contributed by atoms with van der Waals surface area (Å²) < 4.78 is 11.1. The van der Waals surface area contributed by atoms with Crippen molar-refractivity contribution >= 4 is 11.7 Å². The second-order valence-corrected chi connectivity index (χ2v) is 5.70. The second-order valence-electron chi connectivity index (χ2n) is 5.70. The van der Waals surface area contributed by atoms with Gasteiger partial charge in [0, 0.05) is 25.5 Å². The predicted molar refractivity (Wildman–Crippen MR) is 81.0 cm³/mol. The lowest BCUT2D eigenvalue weighted by atomic mass is 9.85. The zero-order valence-corrected chi connectivity index (χ0v) is 12.0. The van der Waals surface area contributed by atoms with Crippen molar-refractivity contribution in [3.8, 4) is 0 Å². The van der Waals surface area contributed by atoms with Crippen molar-refractivity contribution in [3.05, 3.63) is 60.9 Å². The molecule has 0 radical (unpaired) electrons. The number of ether oxygens (including phenoxy) is 1. The Bertz CT molecular complexity index is 691. The third-order valence-electron chi connectivity index (χ3n) is 4.29. The summed E-state index contributed by atoms with van der Waals surface area (Å²) >= 11 is 0. The van der Waals surface area contributed by atoms with Crippen LogP contribution in [0.15, 0.2) is 64.6 Å². The lowest BCUT2D eigenvalue weighted by molar-refractivity contribution is -0.126. The van der Waals surface area contributed by atoms with Gasteiger partial charge in [-0.1, -0.05) is 6.08 Å². The van der Waals surface area contributed by atoms with Crippen molar-refractivity contribution in [2.24, 2.45) is 4.99 Å². The zero-order valence-electron chi connectivity index (χ0n) is 12.0. The molecule has 1 amide bonds. The summed E-state index contributed by atoms with van der Waals surface area (Å²) in [6.07, 6.45) is 14.8. The lowest BCUT2D eigenvalue weighted by Gasteiger charge is -2.37. The first-order chi connectivity index (χ1) is 10.8. The Kier molecular flexibility index (Phi) is 2.99. The molecule has 0 saturated heterocycles. The van der Waals surface area contributed by atoms with Crippen LogP contribution in [0.5, 0.6) is 0 Å². The number of amidine groups is 1. The second kappa shape index (κ2) is 5.02. The Morgan fingerprint density at radius 3 is 3.14 bits per heavy atom. The molecule has 0 aliphatic carbocycles. The highest BCUT2D eigenvalue weighted by molar-refractivity contribution is 6.12. The first kappa shape index (κ1) is 13.1. The number of rotatable bonds is 4. The zero-order chi connectivity index (χ0) is 15.0. The van der Waals surface area contributed by atoms with Gasteiger partial charge in [0.2, 0.25) is 0 Å². The topological polar surface area (TPSA) is 55.0 Å². The first-order valence-corrected chi connectivity index (χ1v) is 7.38. The van der Waals surface area contributed by atoms with E-state index in [0.717, 1.165) is 12.2 Å². The van der Waals surface area contributed by atoms with Crippen LogP contribution in [0.25, 0.3) is 0 Å². The maximum Gasteiger partial charge on any atom is 0.274 e. The Labute approximate surface area is 128 Å². The maximum atomic E-state index is 12.8. The van der Waals surface area contributed by atoms with E-state index in [1.807, 2.05) is 47.5 Å². The highest BCUT2D eigenvalue weighted by Gasteiger charge is 2.51. The van der Waals surface area contributed by atoms with Crippen molar-refractivity contribution in [1.29, 1.82) is 0 Å². The Hall–Kier alpha value is -2.56. The van der Waals surface area contributed by atoms with Gasteiger partial charge in [0.25, 0.3) is 5.91 Å². The van der Waals surface area contributed by atoms with Crippen molar-refractivity contribution in [3.63, 3.8) is 0 Å². The molecule has 1 aromatic rings. The molecule has 0 saturated carbocycles. The number of fused-ring (bicyclic) bond motifs is 1. The van der Waals surface area contributed by atoms with Gasteiger partial charge >= 0.3 is 0 Å². The average molecular weight is 296 g/mol. The normalized spacial score (nSPS) is 28.9. The van der Waals surface area contributed by atoms with Gasteiger partial charge < -0.3 is 14.1 Å². The van der Waals surface area contributed by atoms with E-state index < -0.39 is 5.54 Å². The molecule has 0 spiro atoms. The Morgan fingerprint density at radius 1 is 1.41 bits per heavy atom. The van der Waals surface area contributed by atoms with E-state index in [2.05, 4.69) is 4.99 Å². The monoisotopic (exact) mass is 296 g/mol. The van der Waals surface area contributed by atoms with Crippen LogP contribution in [0.1, 0.15) is 18.6 Å². The van der Waals surface area contributed by atoms with E-state index in [-0.39, 0.29) is 12.0 Å². The third-order valence-corrected chi connectivity index (χ3v) is 4.29. The predicted octanol–water partition coefficient (Wildman–Crippen LogP) is 2.58. The Balaban J connectivity index is 1.70. The molecule has 112 valence electrons. The molecular formula is C17H16N2O3. The molecule has 0 N–H and O–H groups in total. The molecule has 1 aromatic heterocycles. The number of hydrogen-bond acceptors (Lipinski definition) is 4. The molecule has 5 nitrogen and oxygen atoms in total. The van der Waals surface area contributed by atoms with Crippen LogP contribution in [-0.2, 0) is 16.0 Å². The molecule has 0 bridgehead atoms. The molecule has 2 atom stereocenters. The highest BCUT2D eigenvalue weighted by Crippen LogP contribution is 2.37. The maximum absolute atomic E-state index is 12.8. The van der Waals surface area contributed by atoms with Crippen molar-refractivity contribution < 1.29 is 13.9 Å². The van der Waals surface area contributed by atoms with E-state index in [1.54, 1.807) is 12.5 Å². The van der Waals surface area contributed by atoms with Gasteiger partial charge in [-0.3, -0.25) is 4.79 Å². The van der Waals surface area contributed by atoms with Gasteiger partial charge in [0.1, 0.15) is 23.2 Å². The number of amides is 1. The van der Waals surface area contributed by atoms with Crippen LogP contribution in [0.3, 0.4) is 0 Å². The minimum absolute atomic E-state index is 0.00670. The van der Waals surface area contributed by atoms with Gasteiger partial charge in [-0.15, -0.1) is 0 Å². The highest BCUT2D eigenvalue weighted by atomic mass is 16.5. The SMILES string of the molecule is O=C1N=C2C=CC=CN2C1(Cc1ccco1)CC1CC=CO1. The number of nitrogens with zero attached hydrogens (tertiary/aromatic N) is 2. The van der Waals surface area contributed by atoms with Crippen LogP contribution < -0.4 is 0 Å². The molecule has 4 heterocycles. The van der Waals surface area contributed by atoms with Crippen LogP contribution in [0.4, 0.5) is 0 Å². The van der Waals surface area contributed by atoms with Gasteiger partial charge in [-0.2, -0.15) is 4.99 Å². The van der Waals surface area contributed by atoms with Crippen LogP contribution in [0.2, 0.25) is 0 Å². The van der Waals surface area contributed by atoms with E-state index in [9.17, 15) is 4.79 Å². The molecule has 0 fully saturated rings. The quantitative estimate of drug-likeness (QED) is 0.857. The summed E-state index contributed by atoms with van der Waals surface area (Å²) in [5.74, 6) is 1.33. The fourth-order valence-corrected chi connectivity index (χ4v) is 3.26. The molecule has 0 aromatic carbocycles. The fraction of sp³-hybridized carbons (Fsp3) is 0.294. The molecule has 3 aliphatic heterocycles. The van der Waals surface area contributed by atoms with Gasteiger partial charge in [-0.05, 0) is 30.4 Å². The summed E-state index contributed by atoms with van der Waals surface area (Å²) in [6, 6.07) is 3.73. The van der Waals surface area contributed by atoms with E-state index in [1.165, 1.54) is 0 Å². The summed E-state index contributed by atoms with van der Waals surface area (Å²) in [4.78, 5) is 19.0. The summed E-state index contributed by atoms with van der Waals surface area (Å²) in [5.41, 5.74) is -0.773. The number of carbonyl (C=O) groups is 1. The summed E-state index contributed by atoms with van der Waals surface area (Å²) in [5, 5.41) is 0. The van der Waals surface area contributed by atoms with Crippen molar-refractivity contribution in [2.75, 3.05) is 0 Å². The Morgan fingerprint density at radius 2 is 2.36 bits per heavy atom. The van der Waals surface area contributed by atoms with Crippen LogP contribution in [-0.4, -0.2) is 28.3 Å².